The van der Waals surface area contributed by atoms with Gasteiger partial charge in [-0.2, -0.15) is 0 Å². The van der Waals surface area contributed by atoms with Gasteiger partial charge in [0.05, 0.1) is 6.61 Å². The van der Waals surface area contributed by atoms with Crippen molar-refractivity contribution in [2.75, 3.05) is 33.4 Å². The lowest BCUT2D eigenvalue weighted by molar-refractivity contribution is 0.0928. The molecule has 1 N–H and O–H groups in total. The molecule has 0 radical (unpaired) electrons. The molecule has 0 aliphatic carbocycles. The third kappa shape index (κ3) is 6.71. The first kappa shape index (κ1) is 16.2. The van der Waals surface area contributed by atoms with Crippen molar-refractivity contribution in [1.29, 1.82) is 0 Å². The fraction of sp³-hybridized carbons (Fsp3) is 0.625. The van der Waals surface area contributed by atoms with E-state index in [2.05, 4.69) is 43.4 Å². The molecule has 3 heteroatoms. The lowest BCUT2D eigenvalue weighted by atomic mass is 10.00. The predicted molar refractivity (Wildman–Crippen MR) is 79.5 cm³/mol. The highest BCUT2D eigenvalue weighted by Gasteiger charge is 2.04. The minimum atomic E-state index is 0.552. The van der Waals surface area contributed by atoms with E-state index < -0.39 is 0 Å². The number of ether oxygens (including phenoxy) is 2. The molecule has 1 atom stereocenters. The Hall–Kier alpha value is -0.900. The number of hydrogen-bond donors (Lipinski definition) is 1. The van der Waals surface area contributed by atoms with Crippen molar-refractivity contribution in [3.8, 4) is 0 Å². The zero-order valence-electron chi connectivity index (χ0n) is 12.4. The van der Waals surface area contributed by atoms with E-state index in [4.69, 9.17) is 9.47 Å². The summed E-state index contributed by atoms with van der Waals surface area (Å²) in [6.07, 6.45) is 0.953. The summed E-state index contributed by atoms with van der Waals surface area (Å²) < 4.78 is 10.6. The first-order chi connectivity index (χ1) is 9.27. The summed E-state index contributed by atoms with van der Waals surface area (Å²) in [7, 11) is 1.72. The van der Waals surface area contributed by atoms with E-state index in [-0.39, 0.29) is 0 Å². The lowest BCUT2D eigenvalue weighted by Crippen LogP contribution is -2.19. The minimum absolute atomic E-state index is 0.552. The Morgan fingerprint density at radius 3 is 2.53 bits per heavy atom. The van der Waals surface area contributed by atoms with Crippen LogP contribution in [0.2, 0.25) is 0 Å². The lowest BCUT2D eigenvalue weighted by Gasteiger charge is -2.13. The highest BCUT2D eigenvalue weighted by Crippen LogP contribution is 2.15. The van der Waals surface area contributed by atoms with Crippen LogP contribution in [0.1, 0.15) is 37.3 Å². The average Bonchev–Trinajstić information content (AvgIpc) is 2.45. The van der Waals surface area contributed by atoms with Gasteiger partial charge in [0.15, 0.2) is 0 Å². The molecule has 1 unspecified atom stereocenters. The summed E-state index contributed by atoms with van der Waals surface area (Å²) >= 11 is 0. The van der Waals surface area contributed by atoms with Crippen LogP contribution in [0.25, 0.3) is 0 Å². The second kappa shape index (κ2) is 9.96. The molecular weight excluding hydrogens is 238 g/mol. The van der Waals surface area contributed by atoms with Crippen molar-refractivity contribution in [2.24, 2.45) is 0 Å². The van der Waals surface area contributed by atoms with Crippen molar-refractivity contribution in [2.45, 2.75) is 32.8 Å². The molecule has 3 nitrogen and oxygen atoms in total. The summed E-state index contributed by atoms with van der Waals surface area (Å²) in [6, 6.07) is 8.73. The van der Waals surface area contributed by atoms with E-state index in [1.807, 2.05) is 0 Å². The number of likely N-dealkylation sites (N-methyl/N-ethyl adjacent to an activating group) is 1. The molecule has 0 heterocycles. The SMILES string of the molecule is CCNCC(C)c1ccc(COCCCOC)cc1. The van der Waals surface area contributed by atoms with Gasteiger partial charge in [-0.15, -0.1) is 0 Å². The molecule has 1 aromatic rings. The normalized spacial score (nSPS) is 12.6. The first-order valence-corrected chi connectivity index (χ1v) is 7.14. The molecule has 0 fully saturated rings. The largest absolute Gasteiger partial charge is 0.385 e. The van der Waals surface area contributed by atoms with Gasteiger partial charge < -0.3 is 14.8 Å². The highest BCUT2D eigenvalue weighted by molar-refractivity contribution is 5.24. The van der Waals surface area contributed by atoms with Crippen LogP contribution in [0.5, 0.6) is 0 Å². The van der Waals surface area contributed by atoms with E-state index in [1.54, 1.807) is 7.11 Å². The molecule has 0 spiro atoms. The summed E-state index contributed by atoms with van der Waals surface area (Å²) in [6.45, 7) is 8.65. The van der Waals surface area contributed by atoms with Gasteiger partial charge >= 0.3 is 0 Å². The van der Waals surface area contributed by atoms with Gasteiger partial charge in [-0.25, -0.2) is 0 Å². The molecule has 0 bridgehead atoms. The van der Waals surface area contributed by atoms with Crippen LogP contribution in [-0.4, -0.2) is 33.4 Å². The van der Waals surface area contributed by atoms with Crippen LogP contribution in [-0.2, 0) is 16.1 Å². The Labute approximate surface area is 117 Å². The Bertz CT molecular complexity index is 324. The summed E-state index contributed by atoms with van der Waals surface area (Å²) in [5, 5.41) is 3.38. The fourth-order valence-electron chi connectivity index (χ4n) is 1.92. The van der Waals surface area contributed by atoms with Crippen molar-refractivity contribution in [1.82, 2.24) is 5.32 Å². The first-order valence-electron chi connectivity index (χ1n) is 7.14. The summed E-state index contributed by atoms with van der Waals surface area (Å²) in [4.78, 5) is 0. The number of nitrogens with one attached hydrogen (secondary N) is 1. The van der Waals surface area contributed by atoms with E-state index in [1.165, 1.54) is 11.1 Å². The highest BCUT2D eigenvalue weighted by atomic mass is 16.5. The molecule has 108 valence electrons. The van der Waals surface area contributed by atoms with Crippen molar-refractivity contribution >= 4 is 0 Å². The van der Waals surface area contributed by atoms with Gasteiger partial charge in [-0.1, -0.05) is 38.1 Å². The molecule has 0 amide bonds. The fourth-order valence-corrected chi connectivity index (χ4v) is 1.92. The zero-order chi connectivity index (χ0) is 13.9. The standard InChI is InChI=1S/C16H27NO2/c1-4-17-12-14(2)16-8-6-15(7-9-16)13-19-11-5-10-18-3/h6-9,14,17H,4-5,10-13H2,1-3H3. The Kier molecular flexibility index (Phi) is 8.47. The van der Waals surface area contributed by atoms with Crippen molar-refractivity contribution in [3.05, 3.63) is 35.4 Å². The van der Waals surface area contributed by atoms with Crippen LogP contribution in [0, 0.1) is 0 Å². The molecular formula is C16H27NO2. The topological polar surface area (TPSA) is 30.5 Å². The summed E-state index contributed by atoms with van der Waals surface area (Å²) in [5.41, 5.74) is 2.61. The molecule has 1 rings (SSSR count). The summed E-state index contributed by atoms with van der Waals surface area (Å²) in [5.74, 6) is 0.552. The van der Waals surface area contributed by atoms with Gasteiger partial charge in [0.2, 0.25) is 0 Å². The predicted octanol–water partition coefficient (Wildman–Crippen LogP) is 2.95. The second-order valence-electron chi connectivity index (χ2n) is 4.85. The molecule has 0 saturated heterocycles. The Balaban J connectivity index is 2.30. The Morgan fingerprint density at radius 1 is 1.16 bits per heavy atom. The second-order valence-corrected chi connectivity index (χ2v) is 4.85. The third-order valence-corrected chi connectivity index (χ3v) is 3.16. The average molecular weight is 265 g/mol. The number of hydrogen-bond acceptors (Lipinski definition) is 3. The van der Waals surface area contributed by atoms with E-state index in [0.717, 1.165) is 32.7 Å². The number of methoxy groups -OCH3 is 1. The molecule has 1 aromatic carbocycles. The number of rotatable bonds is 10. The van der Waals surface area contributed by atoms with Crippen LogP contribution in [0.15, 0.2) is 24.3 Å². The maximum Gasteiger partial charge on any atom is 0.0716 e. The third-order valence-electron chi connectivity index (χ3n) is 3.16. The Morgan fingerprint density at radius 2 is 1.89 bits per heavy atom. The monoisotopic (exact) mass is 265 g/mol. The molecule has 0 aliphatic rings. The number of benzene rings is 1. The van der Waals surface area contributed by atoms with Gasteiger partial charge in [-0.3, -0.25) is 0 Å². The van der Waals surface area contributed by atoms with Crippen molar-refractivity contribution in [3.63, 3.8) is 0 Å². The molecule has 0 aromatic heterocycles. The van der Waals surface area contributed by atoms with Gasteiger partial charge in [-0.05, 0) is 30.0 Å². The van der Waals surface area contributed by atoms with Gasteiger partial charge in [0, 0.05) is 26.9 Å². The van der Waals surface area contributed by atoms with Gasteiger partial charge in [0.1, 0.15) is 0 Å². The maximum absolute atomic E-state index is 5.59. The van der Waals surface area contributed by atoms with Crippen LogP contribution in [0.3, 0.4) is 0 Å². The van der Waals surface area contributed by atoms with Crippen LogP contribution < -0.4 is 5.32 Å². The van der Waals surface area contributed by atoms with Crippen molar-refractivity contribution < 1.29 is 9.47 Å². The van der Waals surface area contributed by atoms with E-state index in [9.17, 15) is 0 Å². The molecule has 0 aliphatic heterocycles. The zero-order valence-corrected chi connectivity index (χ0v) is 12.4. The van der Waals surface area contributed by atoms with Crippen LogP contribution >= 0.6 is 0 Å². The minimum Gasteiger partial charge on any atom is -0.385 e. The molecule has 0 saturated carbocycles. The van der Waals surface area contributed by atoms with Gasteiger partial charge in [0.25, 0.3) is 0 Å². The smallest absolute Gasteiger partial charge is 0.0716 e. The quantitative estimate of drug-likeness (QED) is 0.660. The molecule has 19 heavy (non-hydrogen) atoms. The maximum atomic E-state index is 5.59. The van der Waals surface area contributed by atoms with Crippen LogP contribution in [0.4, 0.5) is 0 Å². The van der Waals surface area contributed by atoms with E-state index in [0.29, 0.717) is 12.5 Å². The van der Waals surface area contributed by atoms with E-state index >= 15 is 0 Å².